The molecule has 22 heavy (non-hydrogen) atoms. The molecular weight excluding hydrogens is 272 g/mol. The van der Waals surface area contributed by atoms with Crippen molar-refractivity contribution in [2.24, 2.45) is 0 Å². The maximum Gasteiger partial charge on any atom is 0.0574 e. The Morgan fingerprint density at radius 1 is 1.09 bits per heavy atom. The van der Waals surface area contributed by atoms with Crippen LogP contribution < -0.4 is 16.4 Å². The third-order valence-corrected chi connectivity index (χ3v) is 4.03. The molecule has 0 saturated heterocycles. The number of nitrogens with zero attached hydrogens (tertiary/aromatic N) is 1. The molecule has 0 bridgehead atoms. The van der Waals surface area contributed by atoms with E-state index in [-0.39, 0.29) is 5.54 Å². The Balaban J connectivity index is 1.82. The number of anilines is 2. The van der Waals surface area contributed by atoms with E-state index in [1.807, 2.05) is 42.6 Å². The molecule has 1 heterocycles. The van der Waals surface area contributed by atoms with Crippen LogP contribution >= 0.6 is 0 Å². The van der Waals surface area contributed by atoms with Crippen molar-refractivity contribution in [1.29, 1.82) is 0 Å². The smallest absolute Gasteiger partial charge is 0.0574 e. The monoisotopic (exact) mass is 298 g/mol. The minimum atomic E-state index is 0.0538. The summed E-state index contributed by atoms with van der Waals surface area (Å²) in [6.45, 7) is 6.18. The van der Waals surface area contributed by atoms with E-state index in [1.165, 1.54) is 0 Å². The van der Waals surface area contributed by atoms with Crippen molar-refractivity contribution in [3.05, 3.63) is 54.4 Å². The van der Waals surface area contributed by atoms with Gasteiger partial charge in [0.05, 0.1) is 11.4 Å². The summed E-state index contributed by atoms with van der Waals surface area (Å²) in [5, 5.41) is 7.01. The standard InChI is InChI=1S/C18H26N4/c1-3-18(2,14-15-8-6-7-11-20-15)22-13-12-21-17-10-5-4-9-16(17)19/h4-11,21-22H,3,12-14,19H2,1-2H3. The van der Waals surface area contributed by atoms with Gasteiger partial charge in [0.1, 0.15) is 0 Å². The molecule has 0 saturated carbocycles. The summed E-state index contributed by atoms with van der Waals surface area (Å²) in [5.74, 6) is 0. The van der Waals surface area contributed by atoms with Crippen LogP contribution in [-0.4, -0.2) is 23.6 Å². The average Bonchev–Trinajstić information content (AvgIpc) is 2.54. The van der Waals surface area contributed by atoms with Crippen molar-refractivity contribution >= 4 is 11.4 Å². The first kappa shape index (κ1) is 16.3. The van der Waals surface area contributed by atoms with Crippen LogP contribution in [0.2, 0.25) is 0 Å². The van der Waals surface area contributed by atoms with Crippen LogP contribution in [0.4, 0.5) is 11.4 Å². The number of para-hydroxylation sites is 2. The van der Waals surface area contributed by atoms with Gasteiger partial charge >= 0.3 is 0 Å². The van der Waals surface area contributed by atoms with Crippen LogP contribution in [0.1, 0.15) is 26.0 Å². The number of pyridine rings is 1. The molecule has 0 fully saturated rings. The molecular formula is C18H26N4. The maximum atomic E-state index is 5.93. The van der Waals surface area contributed by atoms with Gasteiger partial charge in [0.25, 0.3) is 0 Å². The quantitative estimate of drug-likeness (QED) is 0.518. The van der Waals surface area contributed by atoms with Gasteiger partial charge in [0.15, 0.2) is 0 Å². The second kappa shape index (κ2) is 7.80. The number of rotatable bonds is 8. The van der Waals surface area contributed by atoms with E-state index in [2.05, 4.69) is 35.5 Å². The van der Waals surface area contributed by atoms with E-state index < -0.39 is 0 Å². The SMILES string of the molecule is CCC(C)(Cc1ccccn1)NCCNc1ccccc1N. The minimum Gasteiger partial charge on any atom is -0.397 e. The summed E-state index contributed by atoms with van der Waals surface area (Å²) < 4.78 is 0. The molecule has 1 atom stereocenters. The lowest BCUT2D eigenvalue weighted by Crippen LogP contribution is -2.45. The molecule has 1 aromatic heterocycles. The summed E-state index contributed by atoms with van der Waals surface area (Å²) in [6, 6.07) is 13.9. The van der Waals surface area contributed by atoms with E-state index in [0.29, 0.717) is 0 Å². The number of nitrogens with one attached hydrogen (secondary N) is 2. The van der Waals surface area contributed by atoms with Gasteiger partial charge in [0, 0.05) is 36.9 Å². The molecule has 0 aliphatic rings. The van der Waals surface area contributed by atoms with Crippen LogP contribution in [0, 0.1) is 0 Å². The first-order valence-electron chi connectivity index (χ1n) is 7.86. The highest BCUT2D eigenvalue weighted by molar-refractivity contribution is 5.65. The van der Waals surface area contributed by atoms with Gasteiger partial charge in [0.2, 0.25) is 0 Å². The normalized spacial score (nSPS) is 13.5. The second-order valence-electron chi connectivity index (χ2n) is 5.85. The maximum absolute atomic E-state index is 5.93. The topological polar surface area (TPSA) is 63.0 Å². The Morgan fingerprint density at radius 2 is 1.86 bits per heavy atom. The predicted molar refractivity (Wildman–Crippen MR) is 94.0 cm³/mol. The summed E-state index contributed by atoms with van der Waals surface area (Å²) in [6.07, 6.45) is 3.83. The van der Waals surface area contributed by atoms with Crippen molar-refractivity contribution in [3.63, 3.8) is 0 Å². The van der Waals surface area contributed by atoms with Gasteiger partial charge < -0.3 is 16.4 Å². The Morgan fingerprint density at radius 3 is 2.55 bits per heavy atom. The second-order valence-corrected chi connectivity index (χ2v) is 5.85. The Hall–Kier alpha value is -2.07. The van der Waals surface area contributed by atoms with Gasteiger partial charge in [-0.25, -0.2) is 0 Å². The summed E-state index contributed by atoms with van der Waals surface area (Å²) >= 11 is 0. The average molecular weight is 298 g/mol. The molecule has 1 unspecified atom stereocenters. The third kappa shape index (κ3) is 4.74. The molecule has 1 aromatic carbocycles. The molecule has 2 rings (SSSR count). The van der Waals surface area contributed by atoms with Crippen LogP contribution in [-0.2, 0) is 6.42 Å². The van der Waals surface area contributed by atoms with Gasteiger partial charge in [-0.2, -0.15) is 0 Å². The largest absolute Gasteiger partial charge is 0.397 e. The molecule has 0 aliphatic carbocycles. The minimum absolute atomic E-state index is 0.0538. The van der Waals surface area contributed by atoms with E-state index in [9.17, 15) is 0 Å². The molecule has 0 radical (unpaired) electrons. The molecule has 0 aliphatic heterocycles. The van der Waals surface area contributed by atoms with Crippen molar-refractivity contribution < 1.29 is 0 Å². The first-order chi connectivity index (χ1) is 10.6. The highest BCUT2D eigenvalue weighted by Crippen LogP contribution is 2.17. The van der Waals surface area contributed by atoms with Crippen molar-refractivity contribution in [3.8, 4) is 0 Å². The van der Waals surface area contributed by atoms with Gasteiger partial charge in [-0.15, -0.1) is 0 Å². The zero-order chi connectivity index (χ0) is 15.8. The number of aromatic nitrogens is 1. The van der Waals surface area contributed by atoms with Gasteiger partial charge in [-0.3, -0.25) is 4.98 Å². The molecule has 0 spiro atoms. The Bertz CT molecular complexity index is 570. The zero-order valence-electron chi connectivity index (χ0n) is 13.5. The van der Waals surface area contributed by atoms with E-state index >= 15 is 0 Å². The van der Waals surface area contributed by atoms with Crippen LogP contribution in [0.15, 0.2) is 48.7 Å². The lowest BCUT2D eigenvalue weighted by molar-refractivity contribution is 0.343. The fourth-order valence-electron chi connectivity index (χ4n) is 2.43. The van der Waals surface area contributed by atoms with Crippen LogP contribution in [0.5, 0.6) is 0 Å². The fraction of sp³-hybridized carbons (Fsp3) is 0.389. The lowest BCUT2D eigenvalue weighted by Gasteiger charge is -2.30. The highest BCUT2D eigenvalue weighted by Gasteiger charge is 2.21. The van der Waals surface area contributed by atoms with Gasteiger partial charge in [-0.1, -0.05) is 25.1 Å². The number of nitrogen functional groups attached to an aromatic ring is 1. The molecule has 4 nitrogen and oxygen atoms in total. The summed E-state index contributed by atoms with van der Waals surface area (Å²) in [5.41, 5.74) is 8.88. The number of hydrogen-bond donors (Lipinski definition) is 3. The van der Waals surface area contributed by atoms with Crippen LogP contribution in [0.3, 0.4) is 0 Å². The third-order valence-electron chi connectivity index (χ3n) is 4.03. The van der Waals surface area contributed by atoms with Gasteiger partial charge in [-0.05, 0) is 37.6 Å². The molecule has 118 valence electrons. The van der Waals surface area contributed by atoms with E-state index in [0.717, 1.165) is 43.0 Å². The van der Waals surface area contributed by atoms with Crippen molar-refractivity contribution in [1.82, 2.24) is 10.3 Å². The van der Waals surface area contributed by atoms with Crippen LogP contribution in [0.25, 0.3) is 0 Å². The summed E-state index contributed by atoms with van der Waals surface area (Å²) in [4.78, 5) is 4.43. The fourth-order valence-corrected chi connectivity index (χ4v) is 2.43. The number of hydrogen-bond acceptors (Lipinski definition) is 4. The molecule has 4 N–H and O–H groups in total. The molecule has 4 heteroatoms. The predicted octanol–water partition coefficient (Wildman–Crippen LogP) is 3.08. The number of benzene rings is 1. The first-order valence-corrected chi connectivity index (χ1v) is 7.86. The van der Waals surface area contributed by atoms with E-state index in [1.54, 1.807) is 0 Å². The van der Waals surface area contributed by atoms with Crippen molar-refractivity contribution in [2.45, 2.75) is 32.2 Å². The number of nitrogens with two attached hydrogens (primary N) is 1. The Kier molecular flexibility index (Phi) is 5.78. The Labute approximate surface area is 133 Å². The van der Waals surface area contributed by atoms with Crippen molar-refractivity contribution in [2.75, 3.05) is 24.1 Å². The van der Waals surface area contributed by atoms with E-state index in [4.69, 9.17) is 5.73 Å². The molecule has 0 amide bonds. The molecule has 2 aromatic rings. The summed E-state index contributed by atoms with van der Waals surface area (Å²) in [7, 11) is 0. The highest BCUT2D eigenvalue weighted by atomic mass is 15.0. The lowest BCUT2D eigenvalue weighted by atomic mass is 9.92. The zero-order valence-corrected chi connectivity index (χ0v) is 13.5.